The number of likely N-dealkylation sites (N-methyl/N-ethyl adjacent to an activating group) is 1. The maximum Gasteiger partial charge on any atom is 0.265 e. The largest absolute Gasteiger partial charge is 0.493 e. The maximum atomic E-state index is 12.1. The van der Waals surface area contributed by atoms with Crippen molar-refractivity contribution in [2.45, 2.75) is 0 Å². The van der Waals surface area contributed by atoms with Gasteiger partial charge in [-0.25, -0.2) is 0 Å². The molecular formula is C20H18N2O4S2. The van der Waals surface area contributed by atoms with Crippen molar-refractivity contribution in [1.29, 1.82) is 0 Å². The van der Waals surface area contributed by atoms with Crippen molar-refractivity contribution >= 4 is 51.9 Å². The van der Waals surface area contributed by atoms with Gasteiger partial charge in [-0.15, -0.1) is 0 Å². The zero-order valence-corrected chi connectivity index (χ0v) is 16.9. The molecule has 1 fully saturated rings. The van der Waals surface area contributed by atoms with Gasteiger partial charge in [-0.2, -0.15) is 0 Å². The van der Waals surface area contributed by atoms with Crippen molar-refractivity contribution < 1.29 is 19.1 Å². The van der Waals surface area contributed by atoms with Crippen LogP contribution in [-0.2, 0) is 9.59 Å². The minimum absolute atomic E-state index is 0.133. The molecule has 8 heteroatoms. The summed E-state index contributed by atoms with van der Waals surface area (Å²) in [5.41, 5.74) is 1.47. The lowest BCUT2D eigenvalue weighted by Gasteiger charge is -2.11. The molecule has 1 heterocycles. The zero-order valence-electron chi connectivity index (χ0n) is 15.3. The van der Waals surface area contributed by atoms with Crippen molar-refractivity contribution in [3.8, 4) is 11.5 Å². The summed E-state index contributed by atoms with van der Waals surface area (Å²) in [6.07, 6.45) is 1.75. The van der Waals surface area contributed by atoms with Crippen LogP contribution in [0.2, 0.25) is 0 Å². The van der Waals surface area contributed by atoms with Crippen LogP contribution in [0, 0.1) is 0 Å². The maximum absolute atomic E-state index is 12.1. The number of nitrogens with one attached hydrogen (secondary N) is 1. The van der Waals surface area contributed by atoms with Crippen molar-refractivity contribution in [2.24, 2.45) is 0 Å². The molecule has 0 saturated carbocycles. The van der Waals surface area contributed by atoms with Crippen LogP contribution >= 0.6 is 24.0 Å². The number of nitrogens with zero attached hydrogens (tertiary/aromatic N) is 1. The van der Waals surface area contributed by atoms with E-state index in [1.54, 1.807) is 43.5 Å². The summed E-state index contributed by atoms with van der Waals surface area (Å²) in [6, 6.07) is 14.4. The molecule has 0 spiro atoms. The van der Waals surface area contributed by atoms with Crippen molar-refractivity contribution in [1.82, 2.24) is 4.90 Å². The molecule has 0 unspecified atom stereocenters. The highest BCUT2D eigenvalue weighted by Gasteiger charge is 2.28. The fourth-order valence-electron chi connectivity index (χ4n) is 2.45. The van der Waals surface area contributed by atoms with Crippen molar-refractivity contribution in [2.75, 3.05) is 26.1 Å². The number of thioether (sulfide) groups is 1. The van der Waals surface area contributed by atoms with Gasteiger partial charge < -0.3 is 14.8 Å². The first kappa shape index (κ1) is 19.9. The van der Waals surface area contributed by atoms with Gasteiger partial charge in [0.1, 0.15) is 4.32 Å². The first-order valence-electron chi connectivity index (χ1n) is 8.35. The van der Waals surface area contributed by atoms with Crippen LogP contribution in [0.25, 0.3) is 6.08 Å². The molecule has 2 aromatic rings. The Morgan fingerprint density at radius 3 is 2.61 bits per heavy atom. The third-order valence-corrected chi connectivity index (χ3v) is 5.37. The topological polar surface area (TPSA) is 67.9 Å². The molecule has 2 aromatic carbocycles. The Morgan fingerprint density at radius 2 is 1.96 bits per heavy atom. The predicted molar refractivity (Wildman–Crippen MR) is 114 cm³/mol. The first-order chi connectivity index (χ1) is 13.5. The van der Waals surface area contributed by atoms with Gasteiger partial charge in [0.25, 0.3) is 11.8 Å². The number of benzene rings is 2. The van der Waals surface area contributed by atoms with Crippen LogP contribution in [0.4, 0.5) is 5.69 Å². The van der Waals surface area contributed by atoms with Crippen molar-refractivity contribution in [3.63, 3.8) is 0 Å². The minimum atomic E-state index is -0.274. The summed E-state index contributed by atoms with van der Waals surface area (Å²) in [4.78, 5) is 26.1. The monoisotopic (exact) mass is 414 g/mol. The highest BCUT2D eigenvalue weighted by atomic mass is 32.2. The molecule has 28 heavy (non-hydrogen) atoms. The smallest absolute Gasteiger partial charge is 0.265 e. The standard InChI is InChI=1S/C20H18N2O4S2/c1-22-19(24)17(28-20(22)27)11-13-8-9-15(16(10-13)25-2)26-12-18(23)21-14-6-4-3-5-7-14/h3-11H,12H2,1-2H3,(H,21,23)/b17-11+. The highest BCUT2D eigenvalue weighted by Crippen LogP contribution is 2.34. The second-order valence-electron chi connectivity index (χ2n) is 5.85. The van der Waals surface area contributed by atoms with Gasteiger partial charge in [0, 0.05) is 12.7 Å². The van der Waals surface area contributed by atoms with E-state index < -0.39 is 0 Å². The second kappa shape index (κ2) is 8.90. The normalized spacial score (nSPS) is 15.1. The van der Waals surface area contributed by atoms with Crippen LogP contribution in [-0.4, -0.2) is 41.8 Å². The lowest BCUT2D eigenvalue weighted by molar-refractivity contribution is -0.121. The van der Waals surface area contributed by atoms with Crippen LogP contribution < -0.4 is 14.8 Å². The third kappa shape index (κ3) is 4.71. The Kier molecular flexibility index (Phi) is 6.33. The van der Waals surface area contributed by atoms with Gasteiger partial charge >= 0.3 is 0 Å². The number of anilines is 1. The Balaban J connectivity index is 1.67. The number of carbonyl (C=O) groups excluding carboxylic acids is 2. The number of methoxy groups -OCH3 is 1. The number of rotatable bonds is 6. The zero-order chi connectivity index (χ0) is 20.1. The van der Waals surface area contributed by atoms with Gasteiger partial charge in [-0.05, 0) is 35.9 Å². The fraction of sp³-hybridized carbons (Fsp3) is 0.150. The van der Waals surface area contributed by atoms with Crippen LogP contribution in [0.1, 0.15) is 5.56 Å². The molecule has 144 valence electrons. The lowest BCUT2D eigenvalue weighted by Crippen LogP contribution is -2.22. The molecule has 0 atom stereocenters. The van der Waals surface area contributed by atoms with Crippen LogP contribution in [0.5, 0.6) is 11.5 Å². The van der Waals surface area contributed by atoms with Gasteiger partial charge in [0.15, 0.2) is 18.1 Å². The Labute approximate surface area is 172 Å². The van der Waals surface area contributed by atoms with Crippen molar-refractivity contribution in [3.05, 3.63) is 59.0 Å². The number of para-hydroxylation sites is 1. The van der Waals surface area contributed by atoms with E-state index in [-0.39, 0.29) is 18.4 Å². The molecule has 1 aliphatic heterocycles. The van der Waals surface area contributed by atoms with E-state index in [9.17, 15) is 9.59 Å². The number of thiocarbonyl (C=S) groups is 1. The number of amides is 2. The van der Waals surface area contributed by atoms with Crippen LogP contribution in [0.3, 0.4) is 0 Å². The summed E-state index contributed by atoms with van der Waals surface area (Å²) in [6.45, 7) is -0.154. The summed E-state index contributed by atoms with van der Waals surface area (Å²) in [5, 5.41) is 2.75. The molecule has 1 N–H and O–H groups in total. The number of carbonyl (C=O) groups is 2. The summed E-state index contributed by atoms with van der Waals surface area (Å²) in [5.74, 6) is 0.495. The predicted octanol–water partition coefficient (Wildman–Crippen LogP) is 3.54. The lowest BCUT2D eigenvalue weighted by atomic mass is 10.2. The molecule has 3 rings (SSSR count). The number of hydrogen-bond acceptors (Lipinski definition) is 6. The van der Waals surface area contributed by atoms with E-state index in [1.165, 1.54) is 23.8 Å². The molecule has 2 amide bonds. The quantitative estimate of drug-likeness (QED) is 0.576. The average molecular weight is 415 g/mol. The molecule has 0 aromatic heterocycles. The van der Waals surface area contributed by atoms with E-state index in [4.69, 9.17) is 21.7 Å². The molecule has 6 nitrogen and oxygen atoms in total. The summed E-state index contributed by atoms with van der Waals surface area (Å²) in [7, 11) is 3.16. The second-order valence-corrected chi connectivity index (χ2v) is 7.53. The molecule has 1 aliphatic rings. The van der Waals surface area contributed by atoms with E-state index in [2.05, 4.69) is 5.32 Å². The highest BCUT2D eigenvalue weighted by molar-refractivity contribution is 8.26. The van der Waals surface area contributed by atoms with Gasteiger partial charge in [-0.1, -0.05) is 48.2 Å². The molecule has 0 aliphatic carbocycles. The van der Waals surface area contributed by atoms with E-state index >= 15 is 0 Å². The molecule has 0 bridgehead atoms. The fourth-order valence-corrected chi connectivity index (χ4v) is 3.63. The van der Waals surface area contributed by atoms with E-state index in [0.717, 1.165) is 5.56 Å². The Bertz CT molecular complexity index is 944. The molecule has 1 saturated heterocycles. The Morgan fingerprint density at radius 1 is 1.21 bits per heavy atom. The van der Waals surface area contributed by atoms with Crippen LogP contribution in [0.15, 0.2) is 53.4 Å². The average Bonchev–Trinajstić information content (AvgIpc) is 2.94. The SMILES string of the molecule is COc1cc(/C=C2/SC(=S)N(C)C2=O)ccc1OCC(=O)Nc1ccccc1. The van der Waals surface area contributed by atoms with Gasteiger partial charge in [0.05, 0.1) is 12.0 Å². The molecular weight excluding hydrogens is 396 g/mol. The minimum Gasteiger partial charge on any atom is -0.493 e. The number of ether oxygens (including phenoxy) is 2. The Hall–Kier alpha value is -2.84. The first-order valence-corrected chi connectivity index (χ1v) is 9.57. The summed E-state index contributed by atoms with van der Waals surface area (Å²) < 4.78 is 11.5. The summed E-state index contributed by atoms with van der Waals surface area (Å²) >= 11 is 6.39. The van der Waals surface area contributed by atoms with E-state index in [0.29, 0.717) is 26.4 Å². The number of hydrogen-bond donors (Lipinski definition) is 1. The molecule has 0 radical (unpaired) electrons. The van der Waals surface area contributed by atoms with E-state index in [1.807, 2.05) is 18.2 Å². The third-order valence-electron chi connectivity index (χ3n) is 3.89. The van der Waals surface area contributed by atoms with Gasteiger partial charge in [-0.3, -0.25) is 14.5 Å². The van der Waals surface area contributed by atoms with Gasteiger partial charge in [0.2, 0.25) is 0 Å².